The van der Waals surface area contributed by atoms with E-state index in [-0.39, 0.29) is 5.91 Å². The van der Waals surface area contributed by atoms with E-state index in [9.17, 15) is 4.79 Å². The maximum absolute atomic E-state index is 12.6. The van der Waals surface area contributed by atoms with Crippen LogP contribution in [-0.4, -0.2) is 23.0 Å². The number of hydrogen-bond donors (Lipinski definition) is 1. The van der Waals surface area contributed by atoms with Gasteiger partial charge in [-0.2, -0.15) is 0 Å². The highest BCUT2D eigenvalue weighted by atomic mass is 32.1. The summed E-state index contributed by atoms with van der Waals surface area (Å²) < 4.78 is 6.29. The highest BCUT2D eigenvalue weighted by Crippen LogP contribution is 2.29. The zero-order valence-corrected chi connectivity index (χ0v) is 13.6. The number of carbonyl (C=O) groups is 1. The van der Waals surface area contributed by atoms with Crippen LogP contribution in [-0.2, 0) is 0 Å². The normalized spacial score (nSPS) is 10.9. The topological polar surface area (TPSA) is 64.1 Å². The van der Waals surface area contributed by atoms with Crippen molar-refractivity contribution in [1.82, 2.24) is 9.97 Å². The molecule has 0 bridgehead atoms. The Morgan fingerprint density at radius 1 is 1.17 bits per heavy atom. The molecule has 0 saturated heterocycles. The minimum atomic E-state index is -0.253. The van der Waals surface area contributed by atoms with Gasteiger partial charge in [-0.05, 0) is 24.3 Å². The summed E-state index contributed by atoms with van der Waals surface area (Å²) in [4.78, 5) is 21.3. The van der Waals surface area contributed by atoms with Crippen LogP contribution in [0.3, 0.4) is 0 Å². The Kier molecular flexibility index (Phi) is 3.59. The third kappa shape index (κ3) is 2.57. The number of fused-ring (bicyclic) bond motifs is 2. The molecule has 4 aromatic rings. The largest absolute Gasteiger partial charge is 0.497 e. The number of anilines is 1. The van der Waals surface area contributed by atoms with Gasteiger partial charge in [0, 0.05) is 17.6 Å². The fourth-order valence-electron chi connectivity index (χ4n) is 2.52. The molecule has 0 unspecified atom stereocenters. The van der Waals surface area contributed by atoms with E-state index in [4.69, 9.17) is 4.74 Å². The van der Waals surface area contributed by atoms with Gasteiger partial charge in [-0.25, -0.2) is 4.98 Å². The molecule has 0 atom stereocenters. The molecule has 0 fully saturated rings. The number of ether oxygens (including phenoxy) is 1. The third-order valence-corrected chi connectivity index (χ3v) is 4.69. The van der Waals surface area contributed by atoms with Gasteiger partial charge >= 0.3 is 0 Å². The quantitative estimate of drug-likeness (QED) is 0.612. The first-order valence-corrected chi connectivity index (χ1v) is 8.16. The zero-order chi connectivity index (χ0) is 16.5. The van der Waals surface area contributed by atoms with Gasteiger partial charge in [-0.15, -0.1) is 11.3 Å². The summed E-state index contributed by atoms with van der Waals surface area (Å²) in [6, 6.07) is 15.1. The Morgan fingerprint density at radius 3 is 2.88 bits per heavy atom. The van der Waals surface area contributed by atoms with Crippen LogP contribution in [0.4, 0.5) is 5.69 Å². The summed E-state index contributed by atoms with van der Waals surface area (Å²) in [5.41, 5.74) is 2.14. The van der Waals surface area contributed by atoms with Gasteiger partial charge < -0.3 is 10.1 Å². The first-order chi connectivity index (χ1) is 11.7. The average molecular weight is 335 g/mol. The molecule has 24 heavy (non-hydrogen) atoms. The molecule has 0 aliphatic heterocycles. The Labute approximate surface area is 141 Å². The van der Waals surface area contributed by atoms with Gasteiger partial charge in [-0.1, -0.05) is 18.2 Å². The van der Waals surface area contributed by atoms with Crippen molar-refractivity contribution < 1.29 is 9.53 Å². The number of pyridine rings is 1. The third-order valence-electron chi connectivity index (χ3n) is 3.65. The SMILES string of the molecule is COc1cc(NC(=O)c2nc3ccccc3s2)c2ncccc2c1. The highest BCUT2D eigenvalue weighted by Gasteiger charge is 2.15. The van der Waals surface area contributed by atoms with E-state index in [1.807, 2.05) is 42.5 Å². The second-order valence-corrected chi connectivity index (χ2v) is 6.22. The lowest BCUT2D eigenvalue weighted by Crippen LogP contribution is -2.12. The van der Waals surface area contributed by atoms with Crippen LogP contribution in [0.25, 0.3) is 21.1 Å². The smallest absolute Gasteiger partial charge is 0.284 e. The number of hydrogen-bond acceptors (Lipinski definition) is 5. The van der Waals surface area contributed by atoms with Crippen LogP contribution in [0.15, 0.2) is 54.7 Å². The molecule has 118 valence electrons. The van der Waals surface area contributed by atoms with Crippen LogP contribution in [0, 0.1) is 0 Å². The Morgan fingerprint density at radius 2 is 2.04 bits per heavy atom. The molecule has 4 rings (SSSR count). The minimum absolute atomic E-state index is 0.253. The second kappa shape index (κ2) is 5.90. The molecule has 2 heterocycles. The van der Waals surface area contributed by atoms with E-state index in [1.54, 1.807) is 19.4 Å². The Balaban J connectivity index is 1.74. The predicted molar refractivity (Wildman–Crippen MR) is 95.9 cm³/mol. The van der Waals surface area contributed by atoms with Crippen LogP contribution < -0.4 is 10.1 Å². The summed E-state index contributed by atoms with van der Waals surface area (Å²) in [6.45, 7) is 0. The number of carbonyl (C=O) groups excluding carboxylic acids is 1. The van der Waals surface area contributed by atoms with Crippen molar-refractivity contribution in [2.75, 3.05) is 12.4 Å². The maximum atomic E-state index is 12.6. The lowest BCUT2D eigenvalue weighted by molar-refractivity contribution is 0.102. The Hall–Kier alpha value is -2.99. The second-order valence-electron chi connectivity index (χ2n) is 5.19. The van der Waals surface area contributed by atoms with Crippen LogP contribution >= 0.6 is 11.3 Å². The molecule has 0 radical (unpaired) electrons. The lowest BCUT2D eigenvalue weighted by atomic mass is 10.1. The lowest BCUT2D eigenvalue weighted by Gasteiger charge is -2.09. The number of methoxy groups -OCH3 is 1. The van der Waals surface area contributed by atoms with Gasteiger partial charge in [-0.3, -0.25) is 9.78 Å². The van der Waals surface area contributed by atoms with E-state index < -0.39 is 0 Å². The molecule has 6 heteroatoms. The summed E-state index contributed by atoms with van der Waals surface area (Å²) in [6.07, 6.45) is 1.70. The number of benzene rings is 2. The molecule has 0 aliphatic carbocycles. The summed E-state index contributed by atoms with van der Waals surface area (Å²) in [5, 5.41) is 4.22. The molecule has 0 saturated carbocycles. The molecule has 1 amide bonds. The summed E-state index contributed by atoms with van der Waals surface area (Å²) >= 11 is 1.37. The molecular weight excluding hydrogens is 322 g/mol. The molecule has 1 N–H and O–H groups in total. The monoisotopic (exact) mass is 335 g/mol. The number of thiazole rings is 1. The van der Waals surface area contributed by atoms with E-state index in [0.717, 1.165) is 15.6 Å². The maximum Gasteiger partial charge on any atom is 0.284 e. The van der Waals surface area contributed by atoms with Crippen LogP contribution in [0.1, 0.15) is 9.80 Å². The number of rotatable bonds is 3. The van der Waals surface area contributed by atoms with E-state index in [2.05, 4.69) is 15.3 Å². The average Bonchev–Trinajstić information content (AvgIpc) is 3.06. The minimum Gasteiger partial charge on any atom is -0.497 e. The molecule has 0 aliphatic rings. The van der Waals surface area contributed by atoms with Crippen LogP contribution in [0.5, 0.6) is 5.75 Å². The molecular formula is C18H13N3O2S. The number of aromatic nitrogens is 2. The standard InChI is InChI=1S/C18H13N3O2S/c1-23-12-9-11-5-4-8-19-16(11)14(10-12)20-17(22)18-21-13-6-2-3-7-15(13)24-18/h2-10H,1H3,(H,20,22). The van der Waals surface area contributed by atoms with Gasteiger partial charge in [0.1, 0.15) is 5.75 Å². The number of nitrogens with one attached hydrogen (secondary N) is 1. The van der Waals surface area contributed by atoms with E-state index >= 15 is 0 Å². The summed E-state index contributed by atoms with van der Waals surface area (Å²) in [5.74, 6) is 0.409. The van der Waals surface area contributed by atoms with Crippen molar-refractivity contribution in [1.29, 1.82) is 0 Å². The van der Waals surface area contributed by atoms with Crippen LogP contribution in [0.2, 0.25) is 0 Å². The van der Waals surface area contributed by atoms with Gasteiger partial charge in [0.2, 0.25) is 0 Å². The van der Waals surface area contributed by atoms with Gasteiger partial charge in [0.15, 0.2) is 5.01 Å². The van der Waals surface area contributed by atoms with Gasteiger partial charge in [0.25, 0.3) is 5.91 Å². The Bertz CT molecular complexity index is 1030. The van der Waals surface area contributed by atoms with Crippen molar-refractivity contribution in [3.63, 3.8) is 0 Å². The van der Waals surface area contributed by atoms with Crippen molar-refractivity contribution >= 4 is 44.1 Å². The van der Waals surface area contributed by atoms with E-state index in [1.165, 1.54) is 11.3 Å². The molecule has 0 spiro atoms. The van der Waals surface area contributed by atoms with Crippen molar-refractivity contribution in [2.24, 2.45) is 0 Å². The first kappa shape index (κ1) is 14.6. The highest BCUT2D eigenvalue weighted by molar-refractivity contribution is 7.20. The molecule has 2 aromatic heterocycles. The number of amides is 1. The van der Waals surface area contributed by atoms with Gasteiger partial charge in [0.05, 0.1) is 28.5 Å². The molecule has 5 nitrogen and oxygen atoms in total. The first-order valence-electron chi connectivity index (χ1n) is 7.34. The number of nitrogens with zero attached hydrogens (tertiary/aromatic N) is 2. The van der Waals surface area contributed by atoms with Crippen molar-refractivity contribution in [3.8, 4) is 5.75 Å². The summed E-state index contributed by atoms with van der Waals surface area (Å²) in [7, 11) is 1.59. The number of para-hydroxylation sites is 1. The fourth-order valence-corrected chi connectivity index (χ4v) is 3.38. The van der Waals surface area contributed by atoms with E-state index in [0.29, 0.717) is 22.0 Å². The fraction of sp³-hybridized carbons (Fsp3) is 0.0556. The predicted octanol–water partition coefficient (Wildman–Crippen LogP) is 4.11. The molecule has 2 aromatic carbocycles. The zero-order valence-electron chi connectivity index (χ0n) is 12.8. The van der Waals surface area contributed by atoms with Crippen molar-refractivity contribution in [3.05, 3.63) is 59.7 Å². The van der Waals surface area contributed by atoms with Crippen molar-refractivity contribution in [2.45, 2.75) is 0 Å².